The highest BCUT2D eigenvalue weighted by Gasteiger charge is 2.51. The Morgan fingerprint density at radius 3 is 2.67 bits per heavy atom. The summed E-state index contributed by atoms with van der Waals surface area (Å²) in [6.45, 7) is 4.89. The van der Waals surface area contributed by atoms with Gasteiger partial charge < -0.3 is 9.80 Å². The van der Waals surface area contributed by atoms with Crippen molar-refractivity contribution >= 4 is 35.3 Å². The maximum absolute atomic E-state index is 13.4. The molecule has 10 heteroatoms. The molecule has 4 aliphatic rings. The molecule has 4 heterocycles. The van der Waals surface area contributed by atoms with Crippen LogP contribution in [0.3, 0.4) is 0 Å². The topological polar surface area (TPSA) is 59.4 Å². The molecule has 33 heavy (non-hydrogen) atoms. The lowest BCUT2D eigenvalue weighted by Gasteiger charge is -2.60. The van der Waals surface area contributed by atoms with Crippen LogP contribution < -0.4 is 10.3 Å². The van der Waals surface area contributed by atoms with Crippen LogP contribution in [0.15, 0.2) is 40.4 Å². The molecule has 1 aliphatic carbocycles. The molecule has 3 fully saturated rings. The first-order valence-corrected chi connectivity index (χ1v) is 11.5. The summed E-state index contributed by atoms with van der Waals surface area (Å²) in [4.78, 5) is 15.0. The molecule has 3 aliphatic heterocycles. The van der Waals surface area contributed by atoms with E-state index >= 15 is 0 Å². The average molecular weight is 472 g/mol. The number of fused-ring (bicyclic) bond motifs is 1. The number of aliphatic imine (C=N–C) groups is 1. The van der Waals surface area contributed by atoms with Crippen molar-refractivity contribution in [2.45, 2.75) is 25.4 Å². The predicted octanol–water partition coefficient (Wildman–Crippen LogP) is 3.38. The van der Waals surface area contributed by atoms with Crippen molar-refractivity contribution < 1.29 is 8.78 Å². The number of nitrogens with one attached hydrogen (secondary N) is 1. The average Bonchev–Trinajstić information content (AvgIpc) is 3.57. The zero-order chi connectivity index (χ0) is 22.6. The quantitative estimate of drug-likeness (QED) is 0.320. The van der Waals surface area contributed by atoms with E-state index in [1.54, 1.807) is 0 Å². The number of nitrogens with zero attached hydrogens (tertiary/aromatic N) is 6. The SMILES string of the molecule is Fc1ccc(N2CC3(CN(/C=N/NC4=Nc5ccc(Cl)cc5CN(C5CC5)C4)C3)C2)nc1F. The van der Waals surface area contributed by atoms with Gasteiger partial charge in [-0.15, -0.1) is 0 Å². The molecule has 172 valence electrons. The number of hydrazone groups is 1. The molecule has 0 amide bonds. The Morgan fingerprint density at radius 1 is 1.09 bits per heavy atom. The summed E-state index contributed by atoms with van der Waals surface area (Å²) in [7, 11) is 0. The second-order valence-electron chi connectivity index (χ2n) is 9.53. The minimum absolute atomic E-state index is 0.166. The van der Waals surface area contributed by atoms with Crippen LogP contribution in [0.5, 0.6) is 0 Å². The van der Waals surface area contributed by atoms with Crippen molar-refractivity contribution in [3.05, 3.63) is 52.7 Å². The van der Waals surface area contributed by atoms with E-state index in [4.69, 9.17) is 16.6 Å². The Labute approximate surface area is 195 Å². The molecule has 0 bridgehead atoms. The first-order chi connectivity index (χ1) is 16.0. The monoisotopic (exact) mass is 471 g/mol. The van der Waals surface area contributed by atoms with Gasteiger partial charge in [0.15, 0.2) is 5.82 Å². The van der Waals surface area contributed by atoms with Crippen molar-refractivity contribution in [1.82, 2.24) is 20.2 Å². The molecular formula is C23H24ClF2N7. The number of rotatable bonds is 4. The predicted molar refractivity (Wildman–Crippen MR) is 124 cm³/mol. The lowest BCUT2D eigenvalue weighted by atomic mass is 9.73. The van der Waals surface area contributed by atoms with Crippen molar-refractivity contribution in [3.63, 3.8) is 0 Å². The van der Waals surface area contributed by atoms with Crippen LogP contribution >= 0.6 is 11.6 Å². The highest BCUT2D eigenvalue weighted by atomic mass is 35.5. The minimum atomic E-state index is -1.05. The number of hydrogen-bond donors (Lipinski definition) is 1. The van der Waals surface area contributed by atoms with Crippen LogP contribution in [0.2, 0.25) is 5.02 Å². The highest BCUT2D eigenvalue weighted by Crippen LogP contribution is 2.40. The summed E-state index contributed by atoms with van der Waals surface area (Å²) in [5.74, 6) is -0.650. The first-order valence-electron chi connectivity index (χ1n) is 11.2. The highest BCUT2D eigenvalue weighted by molar-refractivity contribution is 6.30. The van der Waals surface area contributed by atoms with E-state index in [0.29, 0.717) is 11.9 Å². The normalized spacial score (nSPS) is 22.0. The van der Waals surface area contributed by atoms with Crippen molar-refractivity contribution in [3.8, 4) is 0 Å². The molecule has 0 unspecified atom stereocenters. The molecule has 1 aromatic heterocycles. The van der Waals surface area contributed by atoms with E-state index in [9.17, 15) is 8.78 Å². The molecule has 0 radical (unpaired) electrons. The number of likely N-dealkylation sites (tertiary alicyclic amines) is 1. The van der Waals surface area contributed by atoms with Gasteiger partial charge in [0.1, 0.15) is 18.0 Å². The van der Waals surface area contributed by atoms with Gasteiger partial charge in [-0.1, -0.05) is 11.6 Å². The molecule has 0 atom stereocenters. The van der Waals surface area contributed by atoms with Gasteiger partial charge in [-0.25, -0.2) is 9.38 Å². The molecule has 7 nitrogen and oxygen atoms in total. The van der Waals surface area contributed by atoms with Crippen molar-refractivity contribution in [2.24, 2.45) is 15.5 Å². The molecule has 1 aromatic carbocycles. The van der Waals surface area contributed by atoms with Gasteiger partial charge >= 0.3 is 0 Å². The third kappa shape index (κ3) is 4.15. The lowest BCUT2D eigenvalue weighted by Crippen LogP contribution is -2.72. The van der Waals surface area contributed by atoms with Crippen LogP contribution in [0.1, 0.15) is 18.4 Å². The minimum Gasteiger partial charge on any atom is -0.360 e. The fourth-order valence-corrected chi connectivity index (χ4v) is 5.18. The van der Waals surface area contributed by atoms with E-state index in [2.05, 4.69) is 25.3 Å². The largest absolute Gasteiger partial charge is 0.360 e. The first kappa shape index (κ1) is 20.8. The fraction of sp³-hybridized carbons (Fsp3) is 0.435. The number of benzene rings is 1. The molecule has 1 saturated carbocycles. The van der Waals surface area contributed by atoms with Crippen LogP contribution in [0.25, 0.3) is 0 Å². The number of aromatic nitrogens is 1. The van der Waals surface area contributed by atoms with Gasteiger partial charge in [0, 0.05) is 49.2 Å². The van der Waals surface area contributed by atoms with Crippen LogP contribution in [0.4, 0.5) is 20.3 Å². The van der Waals surface area contributed by atoms with Crippen LogP contribution in [-0.4, -0.2) is 65.7 Å². The number of anilines is 1. The lowest BCUT2D eigenvalue weighted by molar-refractivity contribution is 0.0323. The molecule has 6 rings (SSSR count). The number of hydrogen-bond acceptors (Lipinski definition) is 6. The van der Waals surface area contributed by atoms with Crippen LogP contribution in [-0.2, 0) is 6.54 Å². The van der Waals surface area contributed by atoms with Gasteiger partial charge in [0.05, 0.1) is 12.2 Å². The molecule has 2 saturated heterocycles. The van der Waals surface area contributed by atoms with E-state index in [1.165, 1.54) is 18.9 Å². The van der Waals surface area contributed by atoms with E-state index in [1.807, 2.05) is 29.4 Å². The number of pyridine rings is 1. The van der Waals surface area contributed by atoms with Crippen LogP contribution in [0, 0.1) is 17.2 Å². The molecule has 1 N–H and O–H groups in total. The third-order valence-corrected chi connectivity index (χ3v) is 6.98. The van der Waals surface area contributed by atoms with Gasteiger partial charge in [-0.3, -0.25) is 10.3 Å². The van der Waals surface area contributed by atoms with Gasteiger partial charge in [0.25, 0.3) is 5.95 Å². The summed E-state index contributed by atoms with van der Waals surface area (Å²) in [6.07, 6.45) is 4.26. The third-order valence-electron chi connectivity index (χ3n) is 6.74. The van der Waals surface area contributed by atoms with Crippen molar-refractivity contribution in [2.75, 3.05) is 37.6 Å². The summed E-state index contributed by atoms with van der Waals surface area (Å²) < 4.78 is 26.5. The van der Waals surface area contributed by atoms with E-state index in [-0.39, 0.29) is 5.41 Å². The standard InChI is InChI=1S/C23H24ClF2N7/c24-16-1-5-19-15(7-16)8-32(17-2-3-17)9-20(28-19)30-27-14-31-10-23(11-31)12-33(13-23)21-6-4-18(25)22(26)29-21/h1,4-7,14,17H,2-3,8-13H2,(H,28,30)/b27-14+. The fourth-order valence-electron chi connectivity index (χ4n) is 4.99. The Morgan fingerprint density at radius 2 is 1.91 bits per heavy atom. The maximum atomic E-state index is 13.4. The van der Waals surface area contributed by atoms with Gasteiger partial charge in [-0.05, 0) is 48.7 Å². The van der Waals surface area contributed by atoms with Gasteiger partial charge in [0.2, 0.25) is 0 Å². The van der Waals surface area contributed by atoms with E-state index < -0.39 is 11.8 Å². The summed E-state index contributed by atoms with van der Waals surface area (Å²) in [5, 5.41) is 5.17. The Balaban J connectivity index is 1.04. The molecular weight excluding hydrogens is 448 g/mol. The zero-order valence-electron chi connectivity index (χ0n) is 18.0. The second-order valence-corrected chi connectivity index (χ2v) is 9.96. The molecule has 2 aromatic rings. The molecule has 1 spiro atoms. The summed E-state index contributed by atoms with van der Waals surface area (Å²) in [5.41, 5.74) is 5.39. The Kier molecular flexibility index (Phi) is 4.99. The van der Waals surface area contributed by atoms with Crippen molar-refractivity contribution in [1.29, 1.82) is 0 Å². The van der Waals surface area contributed by atoms with E-state index in [0.717, 1.165) is 67.4 Å². The summed E-state index contributed by atoms with van der Waals surface area (Å²) in [6, 6.07) is 9.09. The zero-order valence-corrected chi connectivity index (χ0v) is 18.8. The van der Waals surface area contributed by atoms with Gasteiger partial charge in [-0.2, -0.15) is 14.5 Å². The number of halogens is 3. The Bertz CT molecular complexity index is 1140. The number of amidine groups is 1. The second kappa shape index (κ2) is 7.92. The smallest absolute Gasteiger partial charge is 0.250 e. The summed E-state index contributed by atoms with van der Waals surface area (Å²) >= 11 is 6.20. The maximum Gasteiger partial charge on any atom is 0.250 e. The Hall–Kier alpha value is -2.78.